The fourth-order valence-corrected chi connectivity index (χ4v) is 8.13. The lowest BCUT2D eigenvalue weighted by Crippen LogP contribution is -2.56. The Labute approximate surface area is 200 Å². The highest BCUT2D eigenvalue weighted by atomic mass is 32.2. The van der Waals surface area contributed by atoms with Crippen LogP contribution in [0.5, 0.6) is 0 Å². The molecule has 0 bridgehead atoms. The standard InChI is InChI=1S/C26H42N2O2S2/c1-3-4-5-6-7-17-27-23(20-24-9-8-19-31-24)11-10-21-16-18-28(26(21)27)22-12-14-25(15-13-22)32(2,29)30/h12-15,21,23-24,26H,3-11,16-20H2,1-2H3. The second-order valence-corrected chi connectivity index (χ2v) is 13.6. The largest absolute Gasteiger partial charge is 0.355 e. The Hall–Kier alpha value is -0.720. The second-order valence-electron chi connectivity index (χ2n) is 10.2. The normalized spacial score (nSPS) is 28.9. The number of nitrogens with zero attached hydrogens (tertiary/aromatic N) is 2. The molecule has 1 aromatic rings. The highest BCUT2D eigenvalue weighted by Crippen LogP contribution is 2.42. The van der Waals surface area contributed by atoms with Crippen LogP contribution in [0.15, 0.2) is 29.2 Å². The smallest absolute Gasteiger partial charge is 0.175 e. The molecule has 3 saturated heterocycles. The lowest BCUT2D eigenvalue weighted by Gasteiger charge is -2.48. The van der Waals surface area contributed by atoms with Crippen molar-refractivity contribution < 1.29 is 8.42 Å². The van der Waals surface area contributed by atoms with Gasteiger partial charge in [0.15, 0.2) is 9.84 Å². The van der Waals surface area contributed by atoms with E-state index in [9.17, 15) is 8.42 Å². The average molecular weight is 479 g/mol. The number of likely N-dealkylation sites (tertiary alicyclic amines) is 1. The Morgan fingerprint density at radius 3 is 2.47 bits per heavy atom. The first-order valence-electron chi connectivity index (χ1n) is 12.9. The maximum atomic E-state index is 11.9. The summed E-state index contributed by atoms with van der Waals surface area (Å²) in [7, 11) is -3.15. The first kappa shape index (κ1) is 24.4. The van der Waals surface area contributed by atoms with Crippen LogP contribution in [-0.2, 0) is 9.84 Å². The van der Waals surface area contributed by atoms with Gasteiger partial charge in [-0.3, -0.25) is 4.90 Å². The first-order valence-corrected chi connectivity index (χ1v) is 15.9. The van der Waals surface area contributed by atoms with Crippen molar-refractivity contribution in [2.75, 3.05) is 30.0 Å². The lowest BCUT2D eigenvalue weighted by atomic mass is 9.87. The molecule has 0 aliphatic carbocycles. The van der Waals surface area contributed by atoms with Gasteiger partial charge in [-0.15, -0.1) is 0 Å². The minimum atomic E-state index is -3.15. The van der Waals surface area contributed by atoms with Gasteiger partial charge in [0, 0.05) is 36.3 Å². The van der Waals surface area contributed by atoms with Crippen molar-refractivity contribution in [3.05, 3.63) is 24.3 Å². The maximum Gasteiger partial charge on any atom is 0.175 e. The van der Waals surface area contributed by atoms with Gasteiger partial charge in [-0.05, 0) is 80.9 Å². The number of piperidine rings is 1. The van der Waals surface area contributed by atoms with Crippen molar-refractivity contribution in [1.82, 2.24) is 4.90 Å². The molecule has 1 aromatic carbocycles. The average Bonchev–Trinajstić information content (AvgIpc) is 3.44. The van der Waals surface area contributed by atoms with E-state index >= 15 is 0 Å². The van der Waals surface area contributed by atoms with Crippen LogP contribution in [-0.4, -0.2) is 55.9 Å². The number of rotatable bonds is 10. The van der Waals surface area contributed by atoms with Crippen LogP contribution >= 0.6 is 11.8 Å². The fraction of sp³-hybridized carbons (Fsp3) is 0.769. The van der Waals surface area contributed by atoms with Gasteiger partial charge >= 0.3 is 0 Å². The Bertz CT molecular complexity index is 821. The number of anilines is 1. The molecule has 3 aliphatic heterocycles. The van der Waals surface area contributed by atoms with Crippen molar-refractivity contribution in [2.24, 2.45) is 5.92 Å². The molecule has 4 nitrogen and oxygen atoms in total. The van der Waals surface area contributed by atoms with Crippen molar-refractivity contribution >= 4 is 27.3 Å². The molecule has 6 heteroatoms. The van der Waals surface area contributed by atoms with E-state index in [1.54, 1.807) is 12.1 Å². The third kappa shape index (κ3) is 5.85. The molecule has 0 saturated carbocycles. The van der Waals surface area contributed by atoms with Gasteiger partial charge in [-0.2, -0.15) is 11.8 Å². The predicted molar refractivity (Wildman–Crippen MR) is 137 cm³/mol. The number of hydrogen-bond donors (Lipinski definition) is 0. The van der Waals surface area contributed by atoms with Crippen molar-refractivity contribution in [1.29, 1.82) is 0 Å². The number of thioether (sulfide) groups is 1. The van der Waals surface area contributed by atoms with E-state index in [2.05, 4.69) is 28.5 Å². The highest BCUT2D eigenvalue weighted by molar-refractivity contribution is 8.00. The second kappa shape index (κ2) is 11.1. The van der Waals surface area contributed by atoms with Crippen LogP contribution in [0.2, 0.25) is 0 Å². The molecule has 32 heavy (non-hydrogen) atoms. The minimum Gasteiger partial charge on any atom is -0.355 e. The summed E-state index contributed by atoms with van der Waals surface area (Å²) in [5.74, 6) is 2.09. The fourth-order valence-electron chi connectivity index (χ4n) is 6.14. The summed E-state index contributed by atoms with van der Waals surface area (Å²) in [4.78, 5) is 5.90. The van der Waals surface area contributed by atoms with Crippen LogP contribution < -0.4 is 4.90 Å². The molecule has 4 rings (SSSR count). The molecule has 4 unspecified atom stereocenters. The number of benzene rings is 1. The number of sulfone groups is 1. The molecule has 4 atom stereocenters. The van der Waals surface area contributed by atoms with Gasteiger partial charge in [0.05, 0.1) is 11.1 Å². The van der Waals surface area contributed by atoms with E-state index in [1.165, 1.54) is 94.9 Å². The molecule has 0 spiro atoms. The Balaban J connectivity index is 1.51. The molecule has 0 aromatic heterocycles. The van der Waals surface area contributed by atoms with E-state index in [1.807, 2.05) is 12.1 Å². The Morgan fingerprint density at radius 1 is 1.00 bits per heavy atom. The molecule has 3 aliphatic rings. The van der Waals surface area contributed by atoms with Gasteiger partial charge < -0.3 is 4.90 Å². The van der Waals surface area contributed by atoms with Crippen LogP contribution in [0.1, 0.15) is 77.6 Å². The van der Waals surface area contributed by atoms with Crippen LogP contribution in [0.3, 0.4) is 0 Å². The van der Waals surface area contributed by atoms with Crippen molar-refractivity contribution in [2.45, 2.75) is 99.9 Å². The quantitative estimate of drug-likeness (QED) is 0.388. The first-order chi connectivity index (χ1) is 15.5. The topological polar surface area (TPSA) is 40.6 Å². The van der Waals surface area contributed by atoms with Crippen molar-refractivity contribution in [3.63, 3.8) is 0 Å². The summed E-state index contributed by atoms with van der Waals surface area (Å²) in [6.07, 6.45) is 16.5. The van der Waals surface area contributed by atoms with E-state index < -0.39 is 9.84 Å². The van der Waals surface area contributed by atoms with Gasteiger partial charge in [-0.25, -0.2) is 8.42 Å². The van der Waals surface area contributed by atoms with Gasteiger partial charge in [0.1, 0.15) is 0 Å². The van der Waals surface area contributed by atoms with E-state index in [-0.39, 0.29) is 0 Å². The molecule has 0 N–H and O–H groups in total. The van der Waals surface area contributed by atoms with Gasteiger partial charge in [0.2, 0.25) is 0 Å². The summed E-state index contributed by atoms with van der Waals surface area (Å²) >= 11 is 2.20. The number of unbranched alkanes of at least 4 members (excludes halogenated alkanes) is 4. The molecule has 0 radical (unpaired) electrons. The molecule has 3 heterocycles. The SMILES string of the molecule is CCCCCCCN1C(CC2CCCS2)CCC2CCN(c3ccc(S(C)(=O)=O)cc3)C21. The van der Waals surface area contributed by atoms with Crippen LogP contribution in [0.25, 0.3) is 0 Å². The molecule has 3 fully saturated rings. The number of hydrogen-bond acceptors (Lipinski definition) is 5. The van der Waals surface area contributed by atoms with Crippen LogP contribution in [0.4, 0.5) is 5.69 Å². The zero-order valence-corrected chi connectivity index (χ0v) is 21.7. The van der Waals surface area contributed by atoms with E-state index in [0.29, 0.717) is 17.1 Å². The predicted octanol–water partition coefficient (Wildman–Crippen LogP) is 5.96. The summed E-state index contributed by atoms with van der Waals surface area (Å²) in [6, 6.07) is 8.36. The minimum absolute atomic E-state index is 0.421. The molecular formula is C26H42N2O2S2. The third-order valence-corrected chi connectivity index (χ3v) is 10.4. The molecule has 0 amide bonds. The Morgan fingerprint density at radius 2 is 1.78 bits per heavy atom. The van der Waals surface area contributed by atoms with Crippen LogP contribution in [0, 0.1) is 5.92 Å². The Kier molecular flexibility index (Phi) is 8.49. The third-order valence-electron chi connectivity index (χ3n) is 7.84. The summed E-state index contributed by atoms with van der Waals surface area (Å²) in [5, 5.41) is 0.850. The van der Waals surface area contributed by atoms with E-state index in [0.717, 1.165) is 17.7 Å². The maximum absolute atomic E-state index is 11.9. The summed E-state index contributed by atoms with van der Waals surface area (Å²) in [5.41, 5.74) is 1.19. The van der Waals surface area contributed by atoms with Gasteiger partial charge in [-0.1, -0.05) is 32.6 Å². The zero-order chi connectivity index (χ0) is 22.6. The number of fused-ring (bicyclic) bond motifs is 1. The highest BCUT2D eigenvalue weighted by Gasteiger charge is 2.44. The van der Waals surface area contributed by atoms with E-state index in [4.69, 9.17) is 0 Å². The summed E-state index contributed by atoms with van der Waals surface area (Å²) in [6.45, 7) is 4.59. The zero-order valence-electron chi connectivity index (χ0n) is 20.0. The molecular weight excluding hydrogens is 436 g/mol. The monoisotopic (exact) mass is 478 g/mol. The lowest BCUT2D eigenvalue weighted by molar-refractivity contribution is 0.0496. The van der Waals surface area contributed by atoms with Gasteiger partial charge in [0.25, 0.3) is 0 Å². The molecule has 180 valence electrons. The summed E-state index contributed by atoms with van der Waals surface area (Å²) < 4.78 is 23.8. The van der Waals surface area contributed by atoms with Crippen molar-refractivity contribution in [3.8, 4) is 0 Å².